The second-order valence-electron chi connectivity index (χ2n) is 5.02. The van der Waals surface area contributed by atoms with Crippen LogP contribution >= 0.6 is 11.8 Å². The van der Waals surface area contributed by atoms with E-state index in [2.05, 4.69) is 0 Å². The summed E-state index contributed by atoms with van der Waals surface area (Å²) in [6.45, 7) is 1.57. The molecule has 0 bridgehead atoms. The number of carboxylic acids is 1. The number of carbonyl (C=O) groups excluding carboxylic acids is 1. The Balaban J connectivity index is 2.09. The van der Waals surface area contributed by atoms with Crippen LogP contribution in [0.4, 0.5) is 0 Å². The van der Waals surface area contributed by atoms with Gasteiger partial charge in [0.25, 0.3) is 0 Å². The third kappa shape index (κ3) is 2.47. The molecular weight excluding hydrogens is 280 g/mol. The van der Waals surface area contributed by atoms with Crippen LogP contribution in [0.25, 0.3) is 0 Å². The van der Waals surface area contributed by atoms with E-state index in [1.807, 2.05) is 0 Å². The Kier molecular flexibility index (Phi) is 4.49. The van der Waals surface area contributed by atoms with E-state index in [4.69, 9.17) is 5.41 Å². The Morgan fingerprint density at radius 3 is 2.90 bits per heavy atom. The number of unbranched alkanes of at least 4 members (excludes halogenated alkanes) is 1. The van der Waals surface area contributed by atoms with E-state index in [1.165, 1.54) is 22.9 Å². The topological polar surface area (TPSA) is 102 Å². The molecule has 2 aliphatic heterocycles. The number of aliphatic hydroxyl groups excluding tert-OH is 1. The van der Waals surface area contributed by atoms with E-state index in [0.717, 1.165) is 12.2 Å². The average Bonchev–Trinajstić information content (AvgIpc) is 2.69. The quantitative estimate of drug-likeness (QED) is 0.370. The molecule has 0 unspecified atom stereocenters. The molecule has 6 nitrogen and oxygen atoms in total. The minimum Gasteiger partial charge on any atom is -0.477 e. The number of amides is 1. The molecular formula is C13H18N2O4S. The third-order valence-corrected chi connectivity index (χ3v) is 4.86. The second-order valence-corrected chi connectivity index (χ2v) is 6.21. The maximum Gasteiger partial charge on any atom is 0.353 e. The van der Waals surface area contributed by atoms with Crippen LogP contribution in [-0.4, -0.2) is 51.1 Å². The zero-order valence-electron chi connectivity index (χ0n) is 11.2. The molecule has 2 heterocycles. The number of fused-ring (bicyclic) bond motifs is 1. The summed E-state index contributed by atoms with van der Waals surface area (Å²) in [4.78, 5) is 25.3. The van der Waals surface area contributed by atoms with Crippen LogP contribution in [-0.2, 0) is 9.59 Å². The van der Waals surface area contributed by atoms with E-state index in [1.54, 1.807) is 6.92 Å². The summed E-state index contributed by atoms with van der Waals surface area (Å²) in [5, 5.41) is 25.8. The second kappa shape index (κ2) is 5.97. The van der Waals surface area contributed by atoms with Gasteiger partial charge in [0.05, 0.1) is 18.1 Å². The molecule has 0 radical (unpaired) electrons. The van der Waals surface area contributed by atoms with Gasteiger partial charge in [0, 0.05) is 11.3 Å². The SMILES string of the molecule is C[C@@H](O)[C@H]1C(=O)N2C(C(=O)O)=C(SCCCC=N)C[C@H]12. The minimum absolute atomic E-state index is 0.0803. The van der Waals surface area contributed by atoms with Crippen molar-refractivity contribution in [1.29, 1.82) is 5.41 Å². The normalized spacial score (nSPS) is 26.3. The highest BCUT2D eigenvalue weighted by Gasteiger charge is 2.56. The largest absolute Gasteiger partial charge is 0.477 e. The number of rotatable bonds is 7. The summed E-state index contributed by atoms with van der Waals surface area (Å²) in [5.41, 5.74) is 0.0803. The molecule has 0 aromatic carbocycles. The summed E-state index contributed by atoms with van der Waals surface area (Å²) in [6.07, 6.45) is 2.58. The maximum absolute atomic E-state index is 12.0. The fourth-order valence-corrected chi connectivity index (χ4v) is 3.91. The Bertz CT molecular complexity index is 475. The van der Waals surface area contributed by atoms with Crippen LogP contribution in [0.2, 0.25) is 0 Å². The van der Waals surface area contributed by atoms with Gasteiger partial charge in [-0.25, -0.2) is 4.79 Å². The predicted molar refractivity (Wildman–Crippen MR) is 75.6 cm³/mol. The van der Waals surface area contributed by atoms with E-state index in [9.17, 15) is 19.8 Å². The van der Waals surface area contributed by atoms with Gasteiger partial charge in [-0.2, -0.15) is 0 Å². The van der Waals surface area contributed by atoms with Crippen LogP contribution in [0, 0.1) is 11.3 Å². The molecule has 2 rings (SSSR count). The lowest BCUT2D eigenvalue weighted by atomic mass is 9.83. The first kappa shape index (κ1) is 15.1. The Morgan fingerprint density at radius 2 is 2.35 bits per heavy atom. The number of hydrogen-bond donors (Lipinski definition) is 3. The Hall–Kier alpha value is -1.34. The number of hydrogen-bond acceptors (Lipinski definition) is 5. The summed E-state index contributed by atoms with van der Waals surface area (Å²) < 4.78 is 0. The molecule has 110 valence electrons. The number of carbonyl (C=O) groups is 2. The van der Waals surface area contributed by atoms with Crippen molar-refractivity contribution in [3.05, 3.63) is 10.6 Å². The van der Waals surface area contributed by atoms with E-state index in [-0.39, 0.29) is 17.6 Å². The third-order valence-electron chi connectivity index (χ3n) is 3.66. The Morgan fingerprint density at radius 1 is 1.65 bits per heavy atom. The fraction of sp³-hybridized carbons (Fsp3) is 0.615. The highest BCUT2D eigenvalue weighted by atomic mass is 32.2. The van der Waals surface area contributed by atoms with Crippen molar-refractivity contribution >= 4 is 29.9 Å². The lowest BCUT2D eigenvalue weighted by Crippen LogP contribution is -2.61. The number of nitrogens with zero attached hydrogens (tertiary/aromatic N) is 1. The standard InChI is InChI=1S/C13H18N2O4S/c1-7(16)10-8-6-9(20-5-3-2-4-14)11(13(18)19)15(8)12(10)17/h4,7-8,10,14,16H,2-3,5-6H2,1H3,(H,18,19)/t7-,8-,10-/m1/s1. The molecule has 2 aliphatic rings. The van der Waals surface area contributed by atoms with Gasteiger partial charge in [0.1, 0.15) is 5.70 Å². The predicted octanol–water partition coefficient (Wildman–Crippen LogP) is 1.06. The minimum atomic E-state index is -1.08. The molecule has 1 saturated heterocycles. The number of β-lactam (4-membered cyclic amide) rings is 1. The maximum atomic E-state index is 12.0. The van der Waals surface area contributed by atoms with Crippen molar-refractivity contribution in [1.82, 2.24) is 4.90 Å². The van der Waals surface area contributed by atoms with Crippen molar-refractivity contribution in [2.45, 2.75) is 38.3 Å². The summed E-state index contributed by atoms with van der Waals surface area (Å²) >= 11 is 1.44. The Labute approximate surface area is 121 Å². The van der Waals surface area contributed by atoms with Crippen LogP contribution in [0.15, 0.2) is 10.6 Å². The molecule has 0 aromatic rings. The molecule has 0 aliphatic carbocycles. The lowest BCUT2D eigenvalue weighted by molar-refractivity contribution is -0.161. The number of aliphatic hydroxyl groups is 1. The molecule has 3 atom stereocenters. The fourth-order valence-electron chi connectivity index (χ4n) is 2.74. The first-order chi connectivity index (χ1) is 9.49. The van der Waals surface area contributed by atoms with E-state index < -0.39 is 18.0 Å². The number of aliphatic carboxylic acids is 1. The van der Waals surface area contributed by atoms with Crippen molar-refractivity contribution in [3.63, 3.8) is 0 Å². The molecule has 3 N–H and O–H groups in total. The molecule has 0 saturated carbocycles. The van der Waals surface area contributed by atoms with Crippen molar-refractivity contribution in [2.24, 2.45) is 5.92 Å². The van der Waals surface area contributed by atoms with Gasteiger partial charge in [0.2, 0.25) is 5.91 Å². The van der Waals surface area contributed by atoms with Gasteiger partial charge in [-0.05, 0) is 31.7 Å². The monoisotopic (exact) mass is 298 g/mol. The van der Waals surface area contributed by atoms with Crippen LogP contribution < -0.4 is 0 Å². The van der Waals surface area contributed by atoms with Gasteiger partial charge < -0.3 is 20.5 Å². The van der Waals surface area contributed by atoms with Gasteiger partial charge in [-0.1, -0.05) is 0 Å². The van der Waals surface area contributed by atoms with Gasteiger partial charge in [0.15, 0.2) is 0 Å². The number of thioether (sulfide) groups is 1. The number of nitrogens with one attached hydrogen (secondary N) is 1. The summed E-state index contributed by atoms with van der Waals surface area (Å²) in [7, 11) is 0. The van der Waals surface area contributed by atoms with E-state index >= 15 is 0 Å². The van der Waals surface area contributed by atoms with Crippen LogP contribution in [0.3, 0.4) is 0 Å². The first-order valence-electron chi connectivity index (χ1n) is 6.58. The summed E-state index contributed by atoms with van der Waals surface area (Å²) in [6, 6.07) is -0.209. The van der Waals surface area contributed by atoms with Gasteiger partial charge >= 0.3 is 5.97 Å². The summed E-state index contributed by atoms with van der Waals surface area (Å²) in [5.74, 6) is -1.13. The van der Waals surface area contributed by atoms with Gasteiger partial charge in [-0.15, -0.1) is 11.8 Å². The van der Waals surface area contributed by atoms with Crippen molar-refractivity contribution in [2.75, 3.05) is 5.75 Å². The molecule has 0 aromatic heterocycles. The van der Waals surface area contributed by atoms with Crippen LogP contribution in [0.5, 0.6) is 0 Å². The first-order valence-corrected chi connectivity index (χ1v) is 7.57. The lowest BCUT2D eigenvalue weighted by Gasteiger charge is -2.44. The molecule has 1 fully saturated rings. The highest BCUT2D eigenvalue weighted by molar-refractivity contribution is 8.03. The van der Waals surface area contributed by atoms with Gasteiger partial charge in [-0.3, -0.25) is 4.79 Å². The zero-order chi connectivity index (χ0) is 14.9. The average molecular weight is 298 g/mol. The molecule has 1 amide bonds. The molecule has 7 heteroatoms. The zero-order valence-corrected chi connectivity index (χ0v) is 12.0. The smallest absolute Gasteiger partial charge is 0.353 e. The van der Waals surface area contributed by atoms with E-state index in [0.29, 0.717) is 17.7 Å². The van der Waals surface area contributed by atoms with Crippen molar-refractivity contribution in [3.8, 4) is 0 Å². The van der Waals surface area contributed by atoms with Crippen molar-refractivity contribution < 1.29 is 19.8 Å². The highest BCUT2D eigenvalue weighted by Crippen LogP contribution is 2.47. The molecule has 20 heavy (non-hydrogen) atoms. The number of carboxylic acid groups (broad SMARTS) is 1. The van der Waals surface area contributed by atoms with Crippen LogP contribution in [0.1, 0.15) is 26.2 Å². The molecule has 0 spiro atoms.